The van der Waals surface area contributed by atoms with Gasteiger partial charge in [0.25, 0.3) is 5.91 Å². The van der Waals surface area contributed by atoms with Crippen molar-refractivity contribution in [3.63, 3.8) is 0 Å². The van der Waals surface area contributed by atoms with Crippen LogP contribution in [0.15, 0.2) is 18.2 Å². The summed E-state index contributed by atoms with van der Waals surface area (Å²) in [6.07, 6.45) is 0.708. The van der Waals surface area contributed by atoms with Gasteiger partial charge in [0, 0.05) is 24.6 Å². The maximum absolute atomic E-state index is 12.7. The van der Waals surface area contributed by atoms with Crippen molar-refractivity contribution in [2.45, 2.75) is 25.9 Å². The molecule has 1 N–H and O–H groups in total. The average Bonchev–Trinajstić information content (AvgIpc) is 2.61. The molecule has 0 aromatic heterocycles. The van der Waals surface area contributed by atoms with Gasteiger partial charge in [-0.15, -0.1) is 11.6 Å². The number of benzene rings is 1. The van der Waals surface area contributed by atoms with Gasteiger partial charge in [-0.1, -0.05) is 0 Å². The van der Waals surface area contributed by atoms with Gasteiger partial charge < -0.3 is 15.0 Å². The van der Waals surface area contributed by atoms with Gasteiger partial charge >= 0.3 is 0 Å². The second-order valence-corrected chi connectivity index (χ2v) is 6.38. The number of likely N-dealkylation sites (tertiary alicyclic amines) is 1. The molecule has 1 atom stereocenters. The SMILES string of the molecule is CC1Oc2ccc(C(=O)C3CCN(C(=O)CCl)CC3)cc2NC1=O. The van der Waals surface area contributed by atoms with E-state index in [-0.39, 0.29) is 29.4 Å². The highest BCUT2D eigenvalue weighted by Gasteiger charge is 2.29. The second-order valence-electron chi connectivity index (χ2n) is 6.11. The van der Waals surface area contributed by atoms with Crippen molar-refractivity contribution in [3.8, 4) is 5.75 Å². The van der Waals surface area contributed by atoms with Crippen molar-refractivity contribution in [1.29, 1.82) is 0 Å². The van der Waals surface area contributed by atoms with Crippen LogP contribution in [0.4, 0.5) is 5.69 Å². The van der Waals surface area contributed by atoms with E-state index in [2.05, 4.69) is 5.32 Å². The van der Waals surface area contributed by atoms with Crippen molar-refractivity contribution in [2.75, 3.05) is 24.3 Å². The maximum atomic E-state index is 12.7. The highest BCUT2D eigenvalue weighted by Crippen LogP contribution is 2.32. The molecule has 0 bridgehead atoms. The molecule has 0 aliphatic carbocycles. The van der Waals surface area contributed by atoms with E-state index in [1.807, 2.05) is 0 Å². The number of anilines is 1. The van der Waals surface area contributed by atoms with E-state index >= 15 is 0 Å². The van der Waals surface area contributed by atoms with Crippen molar-refractivity contribution >= 4 is 34.9 Å². The number of hydrogen-bond acceptors (Lipinski definition) is 4. The van der Waals surface area contributed by atoms with Crippen LogP contribution in [0.2, 0.25) is 0 Å². The molecule has 3 rings (SSSR count). The molecule has 6 nitrogen and oxygen atoms in total. The molecule has 1 aromatic rings. The summed E-state index contributed by atoms with van der Waals surface area (Å²) in [5.41, 5.74) is 1.08. The van der Waals surface area contributed by atoms with Crippen molar-refractivity contribution < 1.29 is 19.1 Å². The van der Waals surface area contributed by atoms with Gasteiger partial charge in [0.05, 0.1) is 5.69 Å². The number of Topliss-reactive ketones (excluding diaryl/α,β-unsaturated/α-hetero) is 1. The Hall–Kier alpha value is -2.08. The second kappa shape index (κ2) is 6.81. The number of carbonyl (C=O) groups excluding carboxylic acids is 3. The zero-order valence-corrected chi connectivity index (χ0v) is 14.1. The molecular weight excluding hydrogens is 332 g/mol. The molecule has 0 radical (unpaired) electrons. The summed E-state index contributed by atoms with van der Waals surface area (Å²) in [5.74, 6) is 0.137. The first-order chi connectivity index (χ1) is 11.5. The lowest BCUT2D eigenvalue weighted by Gasteiger charge is -2.31. The minimum absolute atomic E-state index is 0.0262. The van der Waals surface area contributed by atoms with Gasteiger partial charge in [0.15, 0.2) is 11.9 Å². The summed E-state index contributed by atoms with van der Waals surface area (Å²) < 4.78 is 5.50. The molecule has 2 heterocycles. The number of alkyl halides is 1. The fourth-order valence-corrected chi connectivity index (χ4v) is 3.24. The predicted molar refractivity (Wildman–Crippen MR) is 89.5 cm³/mol. The van der Waals surface area contributed by atoms with Crippen LogP contribution < -0.4 is 10.1 Å². The number of amides is 2. The van der Waals surface area contributed by atoms with Crippen LogP contribution >= 0.6 is 11.6 Å². The lowest BCUT2D eigenvalue weighted by atomic mass is 9.88. The van der Waals surface area contributed by atoms with E-state index in [9.17, 15) is 14.4 Å². The Morgan fingerprint density at radius 3 is 2.71 bits per heavy atom. The Kier molecular flexibility index (Phi) is 4.76. The smallest absolute Gasteiger partial charge is 0.265 e. The number of carbonyl (C=O) groups is 3. The Balaban J connectivity index is 1.69. The third-order valence-electron chi connectivity index (χ3n) is 4.53. The lowest BCUT2D eigenvalue weighted by Crippen LogP contribution is -2.41. The van der Waals surface area contributed by atoms with Crippen LogP contribution in [0.25, 0.3) is 0 Å². The van der Waals surface area contributed by atoms with Gasteiger partial charge in [-0.05, 0) is 38.0 Å². The van der Waals surface area contributed by atoms with Crippen molar-refractivity contribution in [3.05, 3.63) is 23.8 Å². The number of nitrogens with zero attached hydrogens (tertiary/aromatic N) is 1. The third-order valence-corrected chi connectivity index (χ3v) is 4.76. The fraction of sp³-hybridized carbons (Fsp3) is 0.471. The Morgan fingerprint density at radius 1 is 1.33 bits per heavy atom. The molecule has 128 valence electrons. The van der Waals surface area contributed by atoms with Crippen LogP contribution in [-0.4, -0.2) is 47.6 Å². The Bertz CT molecular complexity index is 683. The van der Waals surface area contributed by atoms with Crippen LogP contribution in [0.3, 0.4) is 0 Å². The molecular formula is C17H19ClN2O4. The van der Waals surface area contributed by atoms with Crippen LogP contribution in [0, 0.1) is 5.92 Å². The first-order valence-corrected chi connectivity index (χ1v) is 8.52. The Morgan fingerprint density at radius 2 is 2.04 bits per heavy atom. The molecule has 24 heavy (non-hydrogen) atoms. The molecule has 2 aliphatic rings. The quantitative estimate of drug-likeness (QED) is 0.669. The van der Waals surface area contributed by atoms with E-state index in [1.165, 1.54) is 0 Å². The molecule has 2 amide bonds. The third kappa shape index (κ3) is 3.24. The summed E-state index contributed by atoms with van der Waals surface area (Å²) in [5, 5.41) is 2.75. The van der Waals surface area contributed by atoms with E-state index in [0.29, 0.717) is 42.9 Å². The highest BCUT2D eigenvalue weighted by molar-refractivity contribution is 6.27. The maximum Gasteiger partial charge on any atom is 0.265 e. The molecule has 0 saturated carbocycles. The fourth-order valence-electron chi connectivity index (χ4n) is 3.07. The van der Waals surface area contributed by atoms with Gasteiger partial charge in [0.1, 0.15) is 11.6 Å². The predicted octanol–water partition coefficient (Wildman–Crippen LogP) is 2.07. The van der Waals surface area contributed by atoms with Gasteiger partial charge in [-0.3, -0.25) is 14.4 Å². The van der Waals surface area contributed by atoms with E-state index < -0.39 is 6.10 Å². The first-order valence-electron chi connectivity index (χ1n) is 7.99. The molecule has 1 fully saturated rings. The first kappa shape index (κ1) is 16.8. The summed E-state index contributed by atoms with van der Waals surface area (Å²) in [7, 11) is 0. The monoisotopic (exact) mass is 350 g/mol. The number of ketones is 1. The van der Waals surface area contributed by atoms with Crippen molar-refractivity contribution in [1.82, 2.24) is 4.90 Å². The number of piperidine rings is 1. The molecule has 1 saturated heterocycles. The van der Waals surface area contributed by atoms with Crippen LogP contribution in [0.5, 0.6) is 5.75 Å². The average molecular weight is 351 g/mol. The Labute approximate surface area is 145 Å². The van der Waals surface area contributed by atoms with E-state index in [4.69, 9.17) is 16.3 Å². The minimum atomic E-state index is -0.539. The molecule has 0 spiro atoms. The van der Waals surface area contributed by atoms with E-state index in [1.54, 1.807) is 30.0 Å². The summed E-state index contributed by atoms with van der Waals surface area (Å²) in [6, 6.07) is 5.10. The van der Waals surface area contributed by atoms with E-state index in [0.717, 1.165) is 0 Å². The van der Waals surface area contributed by atoms with Gasteiger partial charge in [-0.25, -0.2) is 0 Å². The molecule has 1 aromatic carbocycles. The molecule has 1 unspecified atom stereocenters. The zero-order valence-electron chi connectivity index (χ0n) is 13.4. The summed E-state index contributed by atoms with van der Waals surface area (Å²) in [4.78, 5) is 37.7. The summed E-state index contributed by atoms with van der Waals surface area (Å²) in [6.45, 7) is 2.77. The normalized spacial score (nSPS) is 20.8. The number of halogens is 1. The topological polar surface area (TPSA) is 75.7 Å². The number of rotatable bonds is 3. The minimum Gasteiger partial charge on any atom is -0.479 e. The largest absolute Gasteiger partial charge is 0.479 e. The van der Waals surface area contributed by atoms with Crippen LogP contribution in [0.1, 0.15) is 30.1 Å². The molecule has 7 heteroatoms. The van der Waals surface area contributed by atoms with Gasteiger partial charge in [-0.2, -0.15) is 0 Å². The number of hydrogen-bond donors (Lipinski definition) is 1. The zero-order chi connectivity index (χ0) is 17.3. The number of nitrogens with one attached hydrogen (secondary N) is 1. The van der Waals surface area contributed by atoms with Gasteiger partial charge in [0.2, 0.25) is 5.91 Å². The van der Waals surface area contributed by atoms with Crippen molar-refractivity contribution in [2.24, 2.45) is 5.92 Å². The number of fused-ring (bicyclic) bond motifs is 1. The highest BCUT2D eigenvalue weighted by atomic mass is 35.5. The number of ether oxygens (including phenoxy) is 1. The molecule has 2 aliphatic heterocycles. The van der Waals surface area contributed by atoms with Crippen LogP contribution in [-0.2, 0) is 9.59 Å². The summed E-state index contributed by atoms with van der Waals surface area (Å²) >= 11 is 5.57. The standard InChI is InChI=1S/C17H19ClN2O4/c1-10-17(23)19-13-8-12(2-3-14(13)24-10)16(22)11-4-6-20(7-5-11)15(21)9-18/h2-3,8,10-11H,4-7,9H2,1H3,(H,19,23). The lowest BCUT2D eigenvalue weighted by molar-refractivity contribution is -0.129.